The fourth-order valence-electron chi connectivity index (χ4n) is 3.24. The Morgan fingerprint density at radius 3 is 2.74 bits per heavy atom. The number of hydrogen-bond donors (Lipinski definition) is 1. The van der Waals surface area contributed by atoms with Gasteiger partial charge in [0.15, 0.2) is 6.61 Å². The molecule has 1 aromatic rings. The summed E-state index contributed by atoms with van der Waals surface area (Å²) in [6.07, 6.45) is 2.49. The van der Waals surface area contributed by atoms with Crippen molar-refractivity contribution < 1.29 is 19.1 Å². The van der Waals surface area contributed by atoms with Gasteiger partial charge in [0.05, 0.1) is 13.2 Å². The van der Waals surface area contributed by atoms with Gasteiger partial charge in [0, 0.05) is 19.5 Å². The van der Waals surface area contributed by atoms with Crippen molar-refractivity contribution in [3.63, 3.8) is 0 Å². The Bertz CT molecular complexity index is 572. The fraction of sp³-hybridized carbons (Fsp3) is 0.529. The lowest BCUT2D eigenvalue weighted by molar-refractivity contribution is -0.132. The van der Waals surface area contributed by atoms with E-state index >= 15 is 0 Å². The first-order valence-electron chi connectivity index (χ1n) is 7.99. The molecule has 0 aliphatic carbocycles. The van der Waals surface area contributed by atoms with E-state index in [1.54, 1.807) is 36.3 Å². The predicted octanol–water partition coefficient (Wildman–Crippen LogP) is 1.20. The fourth-order valence-corrected chi connectivity index (χ4v) is 3.24. The van der Waals surface area contributed by atoms with Crippen LogP contribution < -0.4 is 14.8 Å². The van der Waals surface area contributed by atoms with Crippen molar-refractivity contribution in [2.75, 3.05) is 26.8 Å². The lowest BCUT2D eigenvalue weighted by Gasteiger charge is -2.17. The molecule has 2 aliphatic rings. The summed E-state index contributed by atoms with van der Waals surface area (Å²) in [5.41, 5.74) is 0. The molecule has 2 aliphatic heterocycles. The van der Waals surface area contributed by atoms with Gasteiger partial charge in [-0.2, -0.15) is 0 Å². The van der Waals surface area contributed by atoms with Crippen molar-refractivity contribution in [1.82, 2.24) is 10.2 Å². The summed E-state index contributed by atoms with van der Waals surface area (Å²) in [4.78, 5) is 25.7. The molecule has 3 rings (SSSR count). The van der Waals surface area contributed by atoms with E-state index in [2.05, 4.69) is 5.32 Å². The molecule has 2 heterocycles. The highest BCUT2D eigenvalue weighted by atomic mass is 16.5. The van der Waals surface area contributed by atoms with Gasteiger partial charge >= 0.3 is 0 Å². The Labute approximate surface area is 135 Å². The highest BCUT2D eigenvalue weighted by Crippen LogP contribution is 2.25. The summed E-state index contributed by atoms with van der Waals surface area (Å²) >= 11 is 0. The summed E-state index contributed by atoms with van der Waals surface area (Å²) in [7, 11) is 1.60. The molecule has 2 atom stereocenters. The van der Waals surface area contributed by atoms with E-state index in [-0.39, 0.29) is 24.5 Å². The van der Waals surface area contributed by atoms with Crippen LogP contribution in [0.25, 0.3) is 0 Å². The number of fused-ring (bicyclic) bond motifs is 1. The third-order valence-electron chi connectivity index (χ3n) is 4.54. The van der Waals surface area contributed by atoms with Gasteiger partial charge < -0.3 is 19.7 Å². The second-order valence-electron chi connectivity index (χ2n) is 6.09. The molecule has 6 heteroatoms. The van der Waals surface area contributed by atoms with E-state index in [1.165, 1.54) is 0 Å². The Kier molecular flexibility index (Phi) is 4.69. The number of rotatable bonds is 4. The van der Waals surface area contributed by atoms with Crippen LogP contribution in [0.15, 0.2) is 24.3 Å². The highest BCUT2D eigenvalue weighted by Gasteiger charge is 2.37. The molecular formula is C17H22N2O4. The minimum atomic E-state index is -0.0388. The zero-order chi connectivity index (χ0) is 16.2. The Balaban J connectivity index is 1.51. The minimum absolute atomic E-state index is 0.0136. The van der Waals surface area contributed by atoms with Crippen molar-refractivity contribution in [1.29, 1.82) is 0 Å². The number of nitrogens with one attached hydrogen (secondary N) is 1. The molecule has 1 N–H and O–H groups in total. The van der Waals surface area contributed by atoms with Crippen molar-refractivity contribution in [2.24, 2.45) is 5.92 Å². The standard InChI is InChI=1S/C17H22N2O4/c1-22-13-5-7-14(8-6-13)23-11-17(21)19-9-12-3-2-4-16(20)18-15(12)10-19/h5-8,12,15H,2-4,9-11H2,1H3,(H,18,20). The van der Waals surface area contributed by atoms with Crippen LogP contribution in [0.3, 0.4) is 0 Å². The van der Waals surface area contributed by atoms with Crippen LogP contribution in [0.4, 0.5) is 0 Å². The van der Waals surface area contributed by atoms with Crippen LogP contribution in [0, 0.1) is 5.92 Å². The molecule has 23 heavy (non-hydrogen) atoms. The first-order valence-corrected chi connectivity index (χ1v) is 7.99. The largest absolute Gasteiger partial charge is 0.497 e. The van der Waals surface area contributed by atoms with Gasteiger partial charge in [-0.3, -0.25) is 9.59 Å². The summed E-state index contributed by atoms with van der Waals surface area (Å²) in [6, 6.07) is 7.24. The molecule has 2 saturated heterocycles. The Morgan fingerprint density at radius 1 is 1.26 bits per heavy atom. The smallest absolute Gasteiger partial charge is 0.260 e. The maximum Gasteiger partial charge on any atom is 0.260 e. The monoisotopic (exact) mass is 318 g/mol. The van der Waals surface area contributed by atoms with Crippen LogP contribution in [-0.2, 0) is 9.59 Å². The maximum absolute atomic E-state index is 12.3. The molecule has 0 saturated carbocycles. The van der Waals surface area contributed by atoms with E-state index in [0.29, 0.717) is 31.2 Å². The lowest BCUT2D eigenvalue weighted by atomic mass is 9.99. The summed E-state index contributed by atoms with van der Waals surface area (Å²) < 4.78 is 10.6. The molecule has 1 aromatic carbocycles. The van der Waals surface area contributed by atoms with E-state index in [9.17, 15) is 9.59 Å². The van der Waals surface area contributed by atoms with Crippen LogP contribution in [0.1, 0.15) is 19.3 Å². The average Bonchev–Trinajstić information content (AvgIpc) is 2.87. The number of nitrogens with zero attached hydrogens (tertiary/aromatic N) is 1. The number of methoxy groups -OCH3 is 1. The van der Waals surface area contributed by atoms with Crippen LogP contribution in [0.2, 0.25) is 0 Å². The predicted molar refractivity (Wildman–Crippen MR) is 84.3 cm³/mol. The number of carbonyl (C=O) groups excluding carboxylic acids is 2. The highest BCUT2D eigenvalue weighted by molar-refractivity contribution is 5.79. The number of carbonyl (C=O) groups is 2. The first kappa shape index (κ1) is 15.6. The molecule has 0 radical (unpaired) electrons. The van der Waals surface area contributed by atoms with Gasteiger partial charge in [-0.25, -0.2) is 0 Å². The van der Waals surface area contributed by atoms with Crippen LogP contribution in [-0.4, -0.2) is 49.6 Å². The van der Waals surface area contributed by atoms with Crippen molar-refractivity contribution in [3.8, 4) is 11.5 Å². The molecule has 2 fully saturated rings. The summed E-state index contributed by atoms with van der Waals surface area (Å²) in [6.45, 7) is 1.30. The molecule has 6 nitrogen and oxygen atoms in total. The first-order chi connectivity index (χ1) is 11.2. The number of likely N-dealkylation sites (tertiary alicyclic amines) is 1. The number of benzene rings is 1. The molecule has 0 spiro atoms. The topological polar surface area (TPSA) is 67.9 Å². The zero-order valence-corrected chi connectivity index (χ0v) is 13.3. The minimum Gasteiger partial charge on any atom is -0.497 e. The molecule has 2 amide bonds. The van der Waals surface area contributed by atoms with Gasteiger partial charge in [0.2, 0.25) is 5.91 Å². The van der Waals surface area contributed by atoms with E-state index < -0.39 is 0 Å². The van der Waals surface area contributed by atoms with Crippen LogP contribution >= 0.6 is 0 Å². The molecular weight excluding hydrogens is 296 g/mol. The van der Waals surface area contributed by atoms with Gasteiger partial charge in [0.25, 0.3) is 5.91 Å². The van der Waals surface area contributed by atoms with Gasteiger partial charge in [-0.1, -0.05) is 0 Å². The van der Waals surface area contributed by atoms with Gasteiger partial charge in [-0.15, -0.1) is 0 Å². The average molecular weight is 318 g/mol. The molecule has 124 valence electrons. The second kappa shape index (κ2) is 6.89. The third-order valence-corrected chi connectivity index (χ3v) is 4.54. The summed E-state index contributed by atoms with van der Waals surface area (Å²) in [5.74, 6) is 1.82. The maximum atomic E-state index is 12.3. The van der Waals surface area contributed by atoms with Gasteiger partial charge in [-0.05, 0) is 43.0 Å². The SMILES string of the molecule is COc1ccc(OCC(=O)N2CC3CCCC(=O)NC3C2)cc1. The van der Waals surface area contributed by atoms with Crippen molar-refractivity contribution >= 4 is 11.8 Å². The second-order valence-corrected chi connectivity index (χ2v) is 6.09. The van der Waals surface area contributed by atoms with Gasteiger partial charge in [0.1, 0.15) is 11.5 Å². The number of ether oxygens (including phenoxy) is 2. The molecule has 2 unspecified atom stereocenters. The Hall–Kier alpha value is -2.24. The van der Waals surface area contributed by atoms with E-state index in [1.807, 2.05) is 0 Å². The van der Waals surface area contributed by atoms with E-state index in [0.717, 1.165) is 18.6 Å². The van der Waals surface area contributed by atoms with E-state index in [4.69, 9.17) is 9.47 Å². The number of hydrogen-bond acceptors (Lipinski definition) is 4. The zero-order valence-electron chi connectivity index (χ0n) is 13.3. The quantitative estimate of drug-likeness (QED) is 0.906. The van der Waals surface area contributed by atoms with Crippen molar-refractivity contribution in [2.45, 2.75) is 25.3 Å². The lowest BCUT2D eigenvalue weighted by Crippen LogP contribution is -2.40. The third kappa shape index (κ3) is 3.75. The Morgan fingerprint density at radius 2 is 2.00 bits per heavy atom. The summed E-state index contributed by atoms with van der Waals surface area (Å²) in [5, 5.41) is 3.02. The molecule has 0 bridgehead atoms. The molecule has 0 aromatic heterocycles. The number of amides is 2. The van der Waals surface area contributed by atoms with Crippen LogP contribution in [0.5, 0.6) is 11.5 Å². The normalized spacial score (nSPS) is 23.7. The van der Waals surface area contributed by atoms with Crippen molar-refractivity contribution in [3.05, 3.63) is 24.3 Å².